The number of nitrogens with one attached hydrogen (secondary N) is 1. The highest BCUT2D eigenvalue weighted by Gasteiger charge is 2.15. The Kier molecular flexibility index (Phi) is 4.80. The lowest BCUT2D eigenvalue weighted by Gasteiger charge is -2.10. The van der Waals surface area contributed by atoms with Crippen molar-refractivity contribution in [1.82, 2.24) is 9.69 Å². The summed E-state index contributed by atoms with van der Waals surface area (Å²) in [4.78, 5) is 0. The van der Waals surface area contributed by atoms with Gasteiger partial charge in [-0.05, 0) is 6.92 Å². The molecule has 1 heterocycles. The van der Waals surface area contributed by atoms with Crippen LogP contribution in [0.5, 0.6) is 10.9 Å². The van der Waals surface area contributed by atoms with Gasteiger partial charge in [-0.1, -0.05) is 0 Å². The molecule has 1 unspecified atom stereocenters. The predicted octanol–water partition coefficient (Wildman–Crippen LogP) is 0.631. The first-order valence-electron chi connectivity index (χ1n) is 4.63. The summed E-state index contributed by atoms with van der Waals surface area (Å²) in [5.41, 5.74) is 0.894. The Labute approximate surface area is 93.2 Å². The summed E-state index contributed by atoms with van der Waals surface area (Å²) in [5, 5.41) is 12.8. The molecule has 0 radical (unpaired) electrons. The molecular formula is C9H16N2O3S. The molecule has 0 saturated heterocycles. The Morgan fingerprint density at radius 1 is 1.47 bits per heavy atom. The number of hydrogen-bond acceptors (Lipinski definition) is 6. The zero-order chi connectivity index (χ0) is 11.3. The van der Waals surface area contributed by atoms with Gasteiger partial charge in [0.15, 0.2) is 0 Å². The van der Waals surface area contributed by atoms with Crippen LogP contribution < -0.4 is 14.8 Å². The molecule has 0 aliphatic heterocycles. The third-order valence-electron chi connectivity index (χ3n) is 2.00. The molecule has 6 heteroatoms. The van der Waals surface area contributed by atoms with E-state index in [2.05, 4.69) is 9.69 Å². The number of aliphatic hydroxyl groups is 1. The third kappa shape index (κ3) is 3.05. The maximum absolute atomic E-state index is 8.88. The fourth-order valence-corrected chi connectivity index (χ4v) is 1.78. The van der Waals surface area contributed by atoms with Crippen molar-refractivity contribution >= 4 is 11.5 Å². The van der Waals surface area contributed by atoms with E-state index in [0.717, 1.165) is 10.6 Å². The normalized spacial score (nSPS) is 12.5. The third-order valence-corrected chi connectivity index (χ3v) is 2.83. The van der Waals surface area contributed by atoms with Crippen LogP contribution in [0.2, 0.25) is 0 Å². The highest BCUT2D eigenvalue weighted by Crippen LogP contribution is 2.32. The van der Waals surface area contributed by atoms with E-state index in [4.69, 9.17) is 14.6 Å². The average Bonchev–Trinajstić information content (AvgIpc) is 2.67. The summed E-state index contributed by atoms with van der Waals surface area (Å²) in [6.07, 6.45) is 0. The first kappa shape index (κ1) is 12.2. The molecule has 0 aliphatic rings. The van der Waals surface area contributed by atoms with Crippen LogP contribution in [0.4, 0.5) is 0 Å². The van der Waals surface area contributed by atoms with E-state index in [1.165, 1.54) is 11.5 Å². The van der Waals surface area contributed by atoms with Gasteiger partial charge >= 0.3 is 0 Å². The van der Waals surface area contributed by atoms with E-state index >= 15 is 0 Å². The van der Waals surface area contributed by atoms with Crippen LogP contribution in [0.1, 0.15) is 12.5 Å². The van der Waals surface area contributed by atoms with Crippen LogP contribution in [-0.2, 0) is 6.54 Å². The van der Waals surface area contributed by atoms with E-state index in [1.807, 2.05) is 6.92 Å². The summed E-state index contributed by atoms with van der Waals surface area (Å²) >= 11 is 1.26. The number of rotatable bonds is 6. The zero-order valence-electron chi connectivity index (χ0n) is 9.11. The molecule has 1 atom stereocenters. The molecule has 0 aliphatic carbocycles. The number of ether oxygens (including phenoxy) is 2. The molecule has 0 bridgehead atoms. The molecule has 0 saturated carbocycles. The van der Waals surface area contributed by atoms with Crippen molar-refractivity contribution in [3.05, 3.63) is 5.56 Å². The van der Waals surface area contributed by atoms with Gasteiger partial charge in [-0.3, -0.25) is 0 Å². The predicted molar refractivity (Wildman–Crippen MR) is 58.6 cm³/mol. The van der Waals surface area contributed by atoms with Crippen LogP contribution in [0.3, 0.4) is 0 Å². The number of hydrogen-bond donors (Lipinski definition) is 2. The van der Waals surface area contributed by atoms with Gasteiger partial charge in [-0.2, -0.15) is 4.37 Å². The molecular weight excluding hydrogens is 216 g/mol. The zero-order valence-corrected chi connectivity index (χ0v) is 9.93. The summed E-state index contributed by atoms with van der Waals surface area (Å²) in [6, 6.07) is 0.0410. The molecule has 5 nitrogen and oxygen atoms in total. The second-order valence-corrected chi connectivity index (χ2v) is 3.86. The minimum absolute atomic E-state index is 0.0410. The molecule has 0 fully saturated rings. The fraction of sp³-hybridized carbons (Fsp3) is 0.667. The van der Waals surface area contributed by atoms with Crippen molar-refractivity contribution in [2.24, 2.45) is 0 Å². The molecule has 15 heavy (non-hydrogen) atoms. The lowest BCUT2D eigenvalue weighted by Crippen LogP contribution is -2.28. The van der Waals surface area contributed by atoms with E-state index in [1.54, 1.807) is 14.2 Å². The smallest absolute Gasteiger partial charge is 0.233 e. The lowest BCUT2D eigenvalue weighted by atomic mass is 10.3. The van der Waals surface area contributed by atoms with Crippen molar-refractivity contribution in [2.45, 2.75) is 19.5 Å². The molecule has 2 N–H and O–H groups in total. The largest absolute Gasteiger partial charge is 0.486 e. The van der Waals surface area contributed by atoms with Gasteiger partial charge in [-0.15, -0.1) is 0 Å². The molecule has 1 aromatic rings. The van der Waals surface area contributed by atoms with Gasteiger partial charge in [0.05, 0.1) is 26.4 Å². The van der Waals surface area contributed by atoms with Crippen LogP contribution >= 0.6 is 11.5 Å². The fourth-order valence-electron chi connectivity index (χ4n) is 1.09. The van der Waals surface area contributed by atoms with Crippen molar-refractivity contribution in [2.75, 3.05) is 20.8 Å². The quantitative estimate of drug-likeness (QED) is 0.753. The molecule has 86 valence electrons. The molecule has 1 rings (SSSR count). The van der Waals surface area contributed by atoms with Gasteiger partial charge in [-0.25, -0.2) is 0 Å². The molecule has 1 aromatic heterocycles. The van der Waals surface area contributed by atoms with Crippen molar-refractivity contribution < 1.29 is 14.6 Å². The Morgan fingerprint density at radius 3 is 2.73 bits per heavy atom. The standard InChI is InChI=1S/C9H16N2O3S/c1-6(5-12)10-4-7-8(13-2)11-15-9(7)14-3/h6,10,12H,4-5H2,1-3H3. The van der Waals surface area contributed by atoms with Crippen LogP contribution in [0.15, 0.2) is 0 Å². The van der Waals surface area contributed by atoms with Crippen molar-refractivity contribution in [3.8, 4) is 10.9 Å². The SMILES string of the molecule is COc1nsc(OC)c1CNC(C)CO. The maximum Gasteiger partial charge on any atom is 0.233 e. The molecule has 0 spiro atoms. The number of methoxy groups -OCH3 is 2. The molecule has 0 aromatic carbocycles. The Hall–Kier alpha value is -0.850. The second-order valence-electron chi connectivity index (χ2n) is 3.13. The molecule has 0 amide bonds. The van der Waals surface area contributed by atoms with Gasteiger partial charge in [0, 0.05) is 24.1 Å². The van der Waals surface area contributed by atoms with Gasteiger partial charge in [0.2, 0.25) is 10.9 Å². The van der Waals surface area contributed by atoms with Crippen LogP contribution in [-0.4, -0.2) is 36.3 Å². The number of aliphatic hydroxyl groups excluding tert-OH is 1. The highest BCUT2D eigenvalue weighted by atomic mass is 32.1. The average molecular weight is 232 g/mol. The van der Waals surface area contributed by atoms with E-state index in [-0.39, 0.29) is 12.6 Å². The topological polar surface area (TPSA) is 63.6 Å². The highest BCUT2D eigenvalue weighted by molar-refractivity contribution is 7.08. The maximum atomic E-state index is 8.88. The second kappa shape index (κ2) is 5.89. The minimum Gasteiger partial charge on any atom is -0.486 e. The Bertz CT molecular complexity index is 282. The van der Waals surface area contributed by atoms with Gasteiger partial charge in [0.1, 0.15) is 0 Å². The summed E-state index contributed by atoms with van der Waals surface area (Å²) in [5.74, 6) is 0.578. The summed E-state index contributed by atoms with van der Waals surface area (Å²) in [7, 11) is 3.18. The summed E-state index contributed by atoms with van der Waals surface area (Å²) in [6.45, 7) is 2.57. The van der Waals surface area contributed by atoms with Crippen molar-refractivity contribution in [1.29, 1.82) is 0 Å². The van der Waals surface area contributed by atoms with Gasteiger partial charge in [0.25, 0.3) is 0 Å². The van der Waals surface area contributed by atoms with Crippen molar-refractivity contribution in [3.63, 3.8) is 0 Å². The van der Waals surface area contributed by atoms with E-state index < -0.39 is 0 Å². The minimum atomic E-state index is 0.0410. The Morgan fingerprint density at radius 2 is 2.20 bits per heavy atom. The number of aromatic nitrogens is 1. The lowest BCUT2D eigenvalue weighted by molar-refractivity contribution is 0.250. The van der Waals surface area contributed by atoms with Crippen LogP contribution in [0.25, 0.3) is 0 Å². The monoisotopic (exact) mass is 232 g/mol. The van der Waals surface area contributed by atoms with Gasteiger partial charge < -0.3 is 19.9 Å². The van der Waals surface area contributed by atoms with E-state index in [9.17, 15) is 0 Å². The Balaban J connectivity index is 2.68. The number of nitrogens with zero attached hydrogens (tertiary/aromatic N) is 1. The summed E-state index contributed by atoms with van der Waals surface area (Å²) < 4.78 is 14.4. The first-order chi connectivity index (χ1) is 7.22. The first-order valence-corrected chi connectivity index (χ1v) is 5.41. The van der Waals surface area contributed by atoms with Crippen LogP contribution in [0, 0.1) is 0 Å². The van der Waals surface area contributed by atoms with E-state index in [0.29, 0.717) is 12.4 Å².